The lowest BCUT2D eigenvalue weighted by Gasteiger charge is -2.06. The topological polar surface area (TPSA) is 41.1 Å². The first kappa shape index (κ1) is 12.1. The summed E-state index contributed by atoms with van der Waals surface area (Å²) in [7, 11) is 1.61. The van der Waals surface area contributed by atoms with Gasteiger partial charge in [0.05, 0.1) is 10.0 Å². The molecule has 0 fully saturated rings. The van der Waals surface area contributed by atoms with Gasteiger partial charge >= 0.3 is 0 Å². The van der Waals surface area contributed by atoms with E-state index in [4.69, 9.17) is 23.2 Å². The number of halogens is 2. The Morgan fingerprint density at radius 3 is 2.67 bits per heavy atom. The normalized spacial score (nSPS) is 9.80. The van der Waals surface area contributed by atoms with E-state index in [1.54, 1.807) is 19.2 Å². The van der Waals surface area contributed by atoms with Gasteiger partial charge < -0.3 is 10.6 Å². The van der Waals surface area contributed by atoms with Crippen LogP contribution in [-0.4, -0.2) is 19.5 Å². The van der Waals surface area contributed by atoms with Gasteiger partial charge in [-0.05, 0) is 18.2 Å². The van der Waals surface area contributed by atoms with Crippen molar-refractivity contribution in [1.82, 2.24) is 5.32 Å². The monoisotopic (exact) mass is 246 g/mol. The lowest BCUT2D eigenvalue weighted by atomic mass is 10.3. The van der Waals surface area contributed by atoms with Crippen molar-refractivity contribution in [2.45, 2.75) is 6.42 Å². The number of nitrogens with one attached hydrogen (secondary N) is 2. The second-order valence-corrected chi connectivity index (χ2v) is 3.79. The largest absolute Gasteiger partial charge is 0.384 e. The quantitative estimate of drug-likeness (QED) is 0.858. The van der Waals surface area contributed by atoms with Gasteiger partial charge in [0.15, 0.2) is 0 Å². The number of benzene rings is 1. The van der Waals surface area contributed by atoms with E-state index in [2.05, 4.69) is 10.6 Å². The summed E-state index contributed by atoms with van der Waals surface area (Å²) in [5.74, 6) is 0.00237. The summed E-state index contributed by atoms with van der Waals surface area (Å²) in [6, 6.07) is 5.26. The van der Waals surface area contributed by atoms with E-state index < -0.39 is 0 Å². The maximum absolute atomic E-state index is 10.9. The zero-order chi connectivity index (χ0) is 11.3. The fraction of sp³-hybridized carbons (Fsp3) is 0.300. The van der Waals surface area contributed by atoms with Crippen molar-refractivity contribution in [2.75, 3.05) is 18.9 Å². The van der Waals surface area contributed by atoms with E-state index in [0.29, 0.717) is 23.0 Å². The van der Waals surface area contributed by atoms with Crippen molar-refractivity contribution in [3.8, 4) is 0 Å². The molecule has 5 heteroatoms. The third kappa shape index (κ3) is 3.98. The number of carbonyl (C=O) groups is 1. The molecule has 1 amide bonds. The minimum atomic E-state index is 0.00237. The van der Waals surface area contributed by atoms with Gasteiger partial charge in [0, 0.05) is 25.7 Å². The summed E-state index contributed by atoms with van der Waals surface area (Å²) in [6.07, 6.45) is 0.427. The van der Waals surface area contributed by atoms with Gasteiger partial charge in [-0.15, -0.1) is 0 Å². The molecule has 0 saturated heterocycles. The highest BCUT2D eigenvalue weighted by molar-refractivity contribution is 6.42. The number of hydrogen-bond acceptors (Lipinski definition) is 2. The molecular formula is C10H12Cl2N2O. The fourth-order valence-electron chi connectivity index (χ4n) is 1.05. The average Bonchev–Trinajstić information content (AvgIpc) is 2.23. The number of carbonyl (C=O) groups excluding carboxylic acids is 1. The van der Waals surface area contributed by atoms with Crippen LogP contribution in [0.4, 0.5) is 5.69 Å². The molecule has 3 nitrogen and oxygen atoms in total. The standard InChI is InChI=1S/C10H12Cl2N2O/c1-13-10(15)4-5-14-7-2-3-8(11)9(12)6-7/h2-3,6,14H,4-5H2,1H3,(H,13,15). The summed E-state index contributed by atoms with van der Waals surface area (Å²) in [4.78, 5) is 10.9. The lowest BCUT2D eigenvalue weighted by Crippen LogP contribution is -2.20. The van der Waals surface area contributed by atoms with E-state index in [0.717, 1.165) is 5.69 Å². The smallest absolute Gasteiger partial charge is 0.221 e. The molecule has 0 radical (unpaired) electrons. The van der Waals surface area contributed by atoms with E-state index in [1.807, 2.05) is 6.07 Å². The molecule has 0 atom stereocenters. The first-order valence-electron chi connectivity index (χ1n) is 4.53. The Hall–Kier alpha value is -0.930. The second kappa shape index (κ2) is 5.83. The highest BCUT2D eigenvalue weighted by atomic mass is 35.5. The summed E-state index contributed by atoms with van der Waals surface area (Å²) >= 11 is 11.6. The fourth-order valence-corrected chi connectivity index (χ4v) is 1.35. The lowest BCUT2D eigenvalue weighted by molar-refractivity contribution is -0.120. The van der Waals surface area contributed by atoms with Crippen LogP contribution in [0.1, 0.15) is 6.42 Å². The third-order valence-electron chi connectivity index (χ3n) is 1.88. The first-order valence-corrected chi connectivity index (χ1v) is 5.28. The summed E-state index contributed by atoms with van der Waals surface area (Å²) < 4.78 is 0. The molecule has 0 aromatic heterocycles. The molecule has 0 unspecified atom stereocenters. The minimum absolute atomic E-state index is 0.00237. The first-order chi connectivity index (χ1) is 7.13. The summed E-state index contributed by atoms with van der Waals surface area (Å²) in [6.45, 7) is 0.567. The number of hydrogen-bond donors (Lipinski definition) is 2. The highest BCUT2D eigenvalue weighted by Crippen LogP contribution is 2.24. The Morgan fingerprint density at radius 1 is 1.33 bits per heavy atom. The number of rotatable bonds is 4. The molecule has 0 saturated carbocycles. The minimum Gasteiger partial charge on any atom is -0.384 e. The van der Waals surface area contributed by atoms with E-state index >= 15 is 0 Å². The van der Waals surface area contributed by atoms with Crippen LogP contribution in [0, 0.1) is 0 Å². The predicted molar refractivity (Wildman–Crippen MR) is 63.6 cm³/mol. The van der Waals surface area contributed by atoms with Crippen molar-refractivity contribution in [1.29, 1.82) is 0 Å². The zero-order valence-electron chi connectivity index (χ0n) is 8.31. The van der Waals surface area contributed by atoms with Crippen LogP contribution in [0.25, 0.3) is 0 Å². The van der Waals surface area contributed by atoms with Crippen molar-refractivity contribution in [2.24, 2.45) is 0 Å². The molecule has 1 aromatic rings. The molecule has 2 N–H and O–H groups in total. The van der Waals surface area contributed by atoms with Crippen molar-refractivity contribution in [3.05, 3.63) is 28.2 Å². The molecule has 15 heavy (non-hydrogen) atoms. The van der Waals surface area contributed by atoms with Crippen LogP contribution in [-0.2, 0) is 4.79 Å². The molecule has 1 aromatic carbocycles. The second-order valence-electron chi connectivity index (χ2n) is 2.98. The van der Waals surface area contributed by atoms with Gasteiger partial charge in [-0.2, -0.15) is 0 Å². The van der Waals surface area contributed by atoms with Gasteiger partial charge in [0.25, 0.3) is 0 Å². The van der Waals surface area contributed by atoms with Crippen molar-refractivity contribution >= 4 is 34.8 Å². The number of anilines is 1. The molecule has 0 bridgehead atoms. The van der Waals surface area contributed by atoms with Crippen LogP contribution in [0.5, 0.6) is 0 Å². The Bertz CT molecular complexity index is 355. The Balaban J connectivity index is 2.44. The molecule has 0 aliphatic heterocycles. The van der Waals surface area contributed by atoms with Crippen molar-refractivity contribution in [3.63, 3.8) is 0 Å². The third-order valence-corrected chi connectivity index (χ3v) is 2.62. The Labute approximate surface area is 98.8 Å². The maximum atomic E-state index is 10.9. The molecule has 0 aliphatic rings. The van der Waals surface area contributed by atoms with Crippen molar-refractivity contribution < 1.29 is 4.79 Å². The molecule has 0 aliphatic carbocycles. The van der Waals surface area contributed by atoms with Gasteiger partial charge in [-0.3, -0.25) is 4.79 Å². The molecule has 0 spiro atoms. The zero-order valence-corrected chi connectivity index (χ0v) is 9.82. The Kier molecular flexibility index (Phi) is 4.72. The molecular weight excluding hydrogens is 235 g/mol. The van der Waals surface area contributed by atoms with Gasteiger partial charge in [-0.1, -0.05) is 23.2 Å². The van der Waals surface area contributed by atoms with Crippen LogP contribution < -0.4 is 10.6 Å². The van der Waals surface area contributed by atoms with E-state index in [-0.39, 0.29) is 5.91 Å². The predicted octanol–water partition coefficient (Wildman–Crippen LogP) is 2.54. The van der Waals surface area contributed by atoms with Crippen LogP contribution in [0.3, 0.4) is 0 Å². The van der Waals surface area contributed by atoms with E-state index in [9.17, 15) is 4.79 Å². The SMILES string of the molecule is CNC(=O)CCNc1ccc(Cl)c(Cl)c1. The van der Waals surface area contributed by atoms with E-state index in [1.165, 1.54) is 0 Å². The van der Waals surface area contributed by atoms with Crippen LogP contribution >= 0.6 is 23.2 Å². The Morgan fingerprint density at radius 2 is 2.07 bits per heavy atom. The molecule has 1 rings (SSSR count). The van der Waals surface area contributed by atoms with Crippen LogP contribution in [0.15, 0.2) is 18.2 Å². The molecule has 82 valence electrons. The van der Waals surface area contributed by atoms with Gasteiger partial charge in [-0.25, -0.2) is 0 Å². The highest BCUT2D eigenvalue weighted by Gasteiger charge is 2.00. The average molecular weight is 247 g/mol. The van der Waals surface area contributed by atoms with Gasteiger partial charge in [0.1, 0.15) is 0 Å². The van der Waals surface area contributed by atoms with Gasteiger partial charge in [0.2, 0.25) is 5.91 Å². The summed E-state index contributed by atoms with van der Waals surface area (Å²) in [5, 5.41) is 6.64. The number of amides is 1. The summed E-state index contributed by atoms with van der Waals surface area (Å²) in [5.41, 5.74) is 0.855. The maximum Gasteiger partial charge on any atom is 0.221 e. The van der Waals surface area contributed by atoms with Crippen LogP contribution in [0.2, 0.25) is 10.0 Å². The molecule has 0 heterocycles.